The predicted octanol–water partition coefficient (Wildman–Crippen LogP) is 3.98. The molecule has 0 fully saturated rings. The Morgan fingerprint density at radius 1 is 0.815 bits per heavy atom. The Kier molecular flexibility index (Phi) is 5.57. The summed E-state index contributed by atoms with van der Waals surface area (Å²) in [7, 11) is -3.65. The summed E-state index contributed by atoms with van der Waals surface area (Å²) in [6.07, 6.45) is 0. The van der Waals surface area contributed by atoms with Crippen molar-refractivity contribution in [3.8, 4) is 0 Å². The summed E-state index contributed by atoms with van der Waals surface area (Å²) in [5.74, 6) is -0.219. The van der Waals surface area contributed by atoms with Gasteiger partial charge in [-0.1, -0.05) is 48.5 Å². The fourth-order valence-corrected chi connectivity index (χ4v) is 3.69. The Hall–Kier alpha value is -3.12. The SMILES string of the molecule is C[C@@H](NC(=O)c1ccc(NS(=O)(=O)c2ccccc2)cc1)c1ccccc1. The Labute approximate surface area is 159 Å². The van der Waals surface area contributed by atoms with E-state index in [1.807, 2.05) is 37.3 Å². The molecule has 6 heteroatoms. The first-order chi connectivity index (χ1) is 13.0. The molecule has 3 aromatic carbocycles. The number of benzene rings is 3. The Morgan fingerprint density at radius 2 is 1.37 bits per heavy atom. The normalized spacial score (nSPS) is 12.2. The molecule has 0 bridgehead atoms. The summed E-state index contributed by atoms with van der Waals surface area (Å²) < 4.78 is 27.2. The number of hydrogen-bond donors (Lipinski definition) is 2. The average Bonchev–Trinajstić information content (AvgIpc) is 2.69. The van der Waals surface area contributed by atoms with Crippen molar-refractivity contribution in [1.29, 1.82) is 0 Å². The van der Waals surface area contributed by atoms with Crippen molar-refractivity contribution in [1.82, 2.24) is 5.32 Å². The lowest BCUT2D eigenvalue weighted by atomic mass is 10.1. The van der Waals surface area contributed by atoms with Crippen LogP contribution < -0.4 is 10.0 Å². The molecule has 2 N–H and O–H groups in total. The number of rotatable bonds is 6. The maximum atomic E-state index is 12.4. The third-order valence-electron chi connectivity index (χ3n) is 4.10. The van der Waals surface area contributed by atoms with Gasteiger partial charge in [0.25, 0.3) is 15.9 Å². The van der Waals surface area contributed by atoms with Gasteiger partial charge in [0, 0.05) is 11.3 Å². The molecule has 1 atom stereocenters. The first-order valence-corrected chi connectivity index (χ1v) is 9.98. The molecule has 1 amide bonds. The van der Waals surface area contributed by atoms with E-state index < -0.39 is 10.0 Å². The molecule has 0 aliphatic rings. The monoisotopic (exact) mass is 380 g/mol. The fourth-order valence-electron chi connectivity index (χ4n) is 2.61. The lowest BCUT2D eigenvalue weighted by Crippen LogP contribution is -2.26. The van der Waals surface area contributed by atoms with Gasteiger partial charge in [-0.15, -0.1) is 0 Å². The molecule has 0 saturated heterocycles. The number of carbonyl (C=O) groups excluding carboxylic acids is 1. The lowest BCUT2D eigenvalue weighted by Gasteiger charge is -2.14. The standard InChI is InChI=1S/C21H20N2O3S/c1-16(17-8-4-2-5-9-17)22-21(24)18-12-14-19(15-13-18)23-27(25,26)20-10-6-3-7-11-20/h2-16,23H,1H3,(H,22,24)/t16-/m1/s1. The molecule has 138 valence electrons. The molecule has 27 heavy (non-hydrogen) atoms. The van der Waals surface area contributed by atoms with Gasteiger partial charge in [0.2, 0.25) is 0 Å². The van der Waals surface area contributed by atoms with Crippen molar-refractivity contribution in [2.24, 2.45) is 0 Å². The number of anilines is 1. The van der Waals surface area contributed by atoms with Crippen LogP contribution in [0.3, 0.4) is 0 Å². The van der Waals surface area contributed by atoms with Crippen LogP contribution in [0.15, 0.2) is 89.8 Å². The minimum absolute atomic E-state index is 0.130. The van der Waals surface area contributed by atoms with Gasteiger partial charge < -0.3 is 5.32 Å². The van der Waals surface area contributed by atoms with Crippen molar-refractivity contribution < 1.29 is 13.2 Å². The van der Waals surface area contributed by atoms with E-state index in [1.54, 1.807) is 42.5 Å². The van der Waals surface area contributed by atoms with Gasteiger partial charge in [0.15, 0.2) is 0 Å². The van der Waals surface area contributed by atoms with Crippen LogP contribution >= 0.6 is 0 Å². The zero-order valence-electron chi connectivity index (χ0n) is 14.8. The van der Waals surface area contributed by atoms with Gasteiger partial charge in [-0.05, 0) is 48.9 Å². The molecular formula is C21H20N2O3S. The van der Waals surface area contributed by atoms with Crippen LogP contribution in [0.5, 0.6) is 0 Å². The van der Waals surface area contributed by atoms with Crippen LogP contribution in [-0.4, -0.2) is 14.3 Å². The van der Waals surface area contributed by atoms with Crippen LogP contribution in [0.25, 0.3) is 0 Å². The number of hydrogen-bond acceptors (Lipinski definition) is 3. The number of amides is 1. The zero-order chi connectivity index (χ0) is 19.3. The summed E-state index contributed by atoms with van der Waals surface area (Å²) in [6, 6.07) is 24.0. The summed E-state index contributed by atoms with van der Waals surface area (Å²) in [5, 5.41) is 2.93. The summed E-state index contributed by atoms with van der Waals surface area (Å²) in [6.45, 7) is 1.91. The fraction of sp³-hybridized carbons (Fsp3) is 0.0952. The van der Waals surface area contributed by atoms with Crippen LogP contribution in [0.4, 0.5) is 5.69 Å². The second-order valence-electron chi connectivity index (χ2n) is 6.10. The van der Waals surface area contributed by atoms with E-state index in [0.717, 1.165) is 5.56 Å². The van der Waals surface area contributed by atoms with Crippen LogP contribution in [0, 0.1) is 0 Å². The van der Waals surface area contributed by atoms with E-state index in [-0.39, 0.29) is 16.8 Å². The third-order valence-corrected chi connectivity index (χ3v) is 5.50. The van der Waals surface area contributed by atoms with Gasteiger partial charge in [-0.2, -0.15) is 0 Å². The molecule has 0 spiro atoms. The highest BCUT2D eigenvalue weighted by molar-refractivity contribution is 7.92. The molecule has 0 aromatic heterocycles. The zero-order valence-corrected chi connectivity index (χ0v) is 15.6. The highest BCUT2D eigenvalue weighted by atomic mass is 32.2. The van der Waals surface area contributed by atoms with Gasteiger partial charge in [-0.25, -0.2) is 8.42 Å². The number of nitrogens with one attached hydrogen (secondary N) is 2. The maximum absolute atomic E-state index is 12.4. The lowest BCUT2D eigenvalue weighted by molar-refractivity contribution is 0.0940. The van der Waals surface area contributed by atoms with Crippen molar-refractivity contribution in [3.63, 3.8) is 0 Å². The maximum Gasteiger partial charge on any atom is 0.261 e. The Bertz CT molecular complexity index is 1000. The molecule has 0 heterocycles. The molecule has 0 aliphatic carbocycles. The second kappa shape index (κ2) is 8.05. The molecule has 0 unspecified atom stereocenters. The quantitative estimate of drug-likeness (QED) is 0.679. The van der Waals surface area contributed by atoms with E-state index >= 15 is 0 Å². The Morgan fingerprint density at radius 3 is 1.96 bits per heavy atom. The molecule has 5 nitrogen and oxygen atoms in total. The summed E-state index contributed by atoms with van der Waals surface area (Å²) >= 11 is 0. The molecule has 3 aromatic rings. The van der Waals surface area contributed by atoms with Gasteiger partial charge >= 0.3 is 0 Å². The topological polar surface area (TPSA) is 75.3 Å². The smallest absolute Gasteiger partial charge is 0.261 e. The van der Waals surface area contributed by atoms with Crippen LogP contribution in [0.1, 0.15) is 28.9 Å². The van der Waals surface area contributed by atoms with E-state index in [4.69, 9.17) is 0 Å². The van der Waals surface area contributed by atoms with Crippen LogP contribution in [-0.2, 0) is 10.0 Å². The first kappa shape index (κ1) is 18.7. The highest BCUT2D eigenvalue weighted by Crippen LogP contribution is 2.17. The van der Waals surface area contributed by atoms with Crippen molar-refractivity contribution >= 4 is 21.6 Å². The Balaban J connectivity index is 1.67. The number of sulfonamides is 1. The predicted molar refractivity (Wildman–Crippen MR) is 106 cm³/mol. The summed E-state index contributed by atoms with van der Waals surface area (Å²) in [4.78, 5) is 12.6. The van der Waals surface area contributed by atoms with Crippen molar-refractivity contribution in [2.75, 3.05) is 4.72 Å². The molecule has 0 aliphatic heterocycles. The summed E-state index contributed by atoms with van der Waals surface area (Å²) in [5.41, 5.74) is 1.87. The molecule has 3 rings (SSSR count). The minimum atomic E-state index is -3.65. The molecule has 0 saturated carbocycles. The van der Waals surface area contributed by atoms with Gasteiger partial charge in [-0.3, -0.25) is 9.52 Å². The van der Waals surface area contributed by atoms with Gasteiger partial charge in [0.1, 0.15) is 0 Å². The molecule has 0 radical (unpaired) electrons. The second-order valence-corrected chi connectivity index (χ2v) is 7.78. The van der Waals surface area contributed by atoms with E-state index in [9.17, 15) is 13.2 Å². The van der Waals surface area contributed by atoms with E-state index in [2.05, 4.69) is 10.0 Å². The largest absolute Gasteiger partial charge is 0.346 e. The number of carbonyl (C=O) groups is 1. The van der Waals surface area contributed by atoms with Crippen molar-refractivity contribution in [3.05, 3.63) is 96.1 Å². The third kappa shape index (κ3) is 4.74. The minimum Gasteiger partial charge on any atom is -0.346 e. The highest BCUT2D eigenvalue weighted by Gasteiger charge is 2.15. The van der Waals surface area contributed by atoms with Crippen LogP contribution in [0.2, 0.25) is 0 Å². The van der Waals surface area contributed by atoms with Crippen molar-refractivity contribution in [2.45, 2.75) is 17.9 Å². The van der Waals surface area contributed by atoms with E-state index in [0.29, 0.717) is 11.3 Å². The first-order valence-electron chi connectivity index (χ1n) is 8.49. The molecular weight excluding hydrogens is 360 g/mol. The van der Waals surface area contributed by atoms with E-state index in [1.165, 1.54) is 12.1 Å². The van der Waals surface area contributed by atoms with Gasteiger partial charge in [0.05, 0.1) is 10.9 Å². The average molecular weight is 380 g/mol.